The van der Waals surface area contributed by atoms with E-state index in [1.54, 1.807) is 0 Å². The molecule has 0 bridgehead atoms. The highest BCUT2D eigenvalue weighted by atomic mass is 16.1. The van der Waals surface area contributed by atoms with Crippen LogP contribution in [0, 0.1) is 5.41 Å². The van der Waals surface area contributed by atoms with Gasteiger partial charge in [-0.3, -0.25) is 4.79 Å². The summed E-state index contributed by atoms with van der Waals surface area (Å²) in [5.41, 5.74) is 2.73. The summed E-state index contributed by atoms with van der Waals surface area (Å²) in [4.78, 5) is 11.8. The Balaban J connectivity index is 3.34. The van der Waals surface area contributed by atoms with Crippen molar-refractivity contribution < 1.29 is 4.79 Å². The van der Waals surface area contributed by atoms with Crippen LogP contribution in [0.3, 0.4) is 0 Å². The summed E-state index contributed by atoms with van der Waals surface area (Å²) in [7, 11) is 0. The van der Waals surface area contributed by atoms with E-state index in [9.17, 15) is 4.79 Å². The van der Waals surface area contributed by atoms with Gasteiger partial charge in [-0.2, -0.15) is 0 Å². The summed E-state index contributed by atoms with van der Waals surface area (Å²) in [6.45, 7) is 18.8. The van der Waals surface area contributed by atoms with Gasteiger partial charge in [-0.15, -0.1) is 0 Å². The van der Waals surface area contributed by atoms with Gasteiger partial charge in [0.1, 0.15) is 0 Å². The van der Waals surface area contributed by atoms with Gasteiger partial charge < -0.3 is 10.6 Å². The fourth-order valence-electron chi connectivity index (χ4n) is 3.02. The Morgan fingerprint density at radius 3 is 1.71 bits per heavy atom. The van der Waals surface area contributed by atoms with E-state index in [2.05, 4.69) is 51.5 Å². The zero-order valence-corrected chi connectivity index (χ0v) is 19.4. The molecule has 0 spiro atoms. The highest BCUT2D eigenvalue weighted by molar-refractivity contribution is 5.75. The standard InChI is InChI=1S/C25H48N2O/c1-7-23(3)26-20-16-12-9-11-15-19-24(28)27-21-17-13-8-10-14-18-22(2)25(4,5)6/h26H,2-3,7-21H2,1,4-6H3,(H,27,28). The minimum absolute atomic E-state index is 0.224. The zero-order valence-electron chi connectivity index (χ0n) is 19.4. The second-order valence-electron chi connectivity index (χ2n) is 9.12. The van der Waals surface area contributed by atoms with Crippen molar-refractivity contribution in [2.75, 3.05) is 13.1 Å². The van der Waals surface area contributed by atoms with Crippen LogP contribution in [0.1, 0.15) is 111 Å². The van der Waals surface area contributed by atoms with Gasteiger partial charge in [0.25, 0.3) is 0 Å². The van der Waals surface area contributed by atoms with Gasteiger partial charge in [0.15, 0.2) is 0 Å². The first-order chi connectivity index (χ1) is 13.3. The first-order valence-electron chi connectivity index (χ1n) is 11.6. The highest BCUT2D eigenvalue weighted by Crippen LogP contribution is 2.27. The summed E-state index contributed by atoms with van der Waals surface area (Å²) in [6.07, 6.45) is 14.7. The van der Waals surface area contributed by atoms with E-state index in [-0.39, 0.29) is 11.3 Å². The molecule has 2 N–H and O–H groups in total. The average molecular weight is 393 g/mol. The number of hydrogen-bond donors (Lipinski definition) is 2. The molecule has 0 aliphatic heterocycles. The number of nitrogens with one attached hydrogen (secondary N) is 2. The quantitative estimate of drug-likeness (QED) is 0.197. The van der Waals surface area contributed by atoms with Crippen molar-refractivity contribution in [3.8, 4) is 0 Å². The van der Waals surface area contributed by atoms with Crippen molar-refractivity contribution in [1.29, 1.82) is 0 Å². The van der Waals surface area contributed by atoms with Gasteiger partial charge in [0, 0.05) is 25.2 Å². The maximum atomic E-state index is 11.8. The molecule has 0 rings (SSSR count). The summed E-state index contributed by atoms with van der Waals surface area (Å²) >= 11 is 0. The van der Waals surface area contributed by atoms with Gasteiger partial charge >= 0.3 is 0 Å². The van der Waals surface area contributed by atoms with E-state index in [0.29, 0.717) is 6.42 Å². The van der Waals surface area contributed by atoms with Gasteiger partial charge in [0.2, 0.25) is 5.91 Å². The molecule has 1 amide bonds. The van der Waals surface area contributed by atoms with Crippen LogP contribution >= 0.6 is 0 Å². The third-order valence-corrected chi connectivity index (χ3v) is 5.42. The molecular formula is C25H48N2O. The monoisotopic (exact) mass is 392 g/mol. The molecule has 0 unspecified atom stereocenters. The van der Waals surface area contributed by atoms with E-state index in [1.807, 2.05) is 0 Å². The molecule has 164 valence electrons. The summed E-state index contributed by atoms with van der Waals surface area (Å²) in [5, 5.41) is 6.40. The van der Waals surface area contributed by atoms with Gasteiger partial charge in [0.05, 0.1) is 0 Å². The number of carbonyl (C=O) groups excluding carboxylic acids is 1. The van der Waals surface area contributed by atoms with Crippen molar-refractivity contribution >= 4 is 5.91 Å². The smallest absolute Gasteiger partial charge is 0.219 e. The SMILES string of the molecule is C=C(CC)NCCCCCCCC(=O)NCCCCCCCC(=C)C(C)(C)C. The number of unbranched alkanes of at least 4 members (excludes halogenated alkanes) is 8. The molecule has 3 heteroatoms. The number of rotatable bonds is 18. The van der Waals surface area contributed by atoms with Crippen LogP contribution in [-0.4, -0.2) is 19.0 Å². The zero-order chi connectivity index (χ0) is 21.3. The third kappa shape index (κ3) is 16.9. The van der Waals surface area contributed by atoms with Crippen LogP contribution in [0.2, 0.25) is 0 Å². The van der Waals surface area contributed by atoms with Gasteiger partial charge in [-0.25, -0.2) is 0 Å². The lowest BCUT2D eigenvalue weighted by Crippen LogP contribution is -2.23. The van der Waals surface area contributed by atoms with E-state index in [0.717, 1.165) is 50.9 Å². The Kier molecular flexibility index (Phi) is 15.9. The molecular weight excluding hydrogens is 344 g/mol. The van der Waals surface area contributed by atoms with Crippen LogP contribution < -0.4 is 10.6 Å². The molecule has 3 nitrogen and oxygen atoms in total. The van der Waals surface area contributed by atoms with Crippen molar-refractivity contribution in [2.45, 2.75) is 111 Å². The molecule has 0 aromatic carbocycles. The Bertz CT molecular complexity index is 434. The van der Waals surface area contributed by atoms with Crippen LogP contribution in [-0.2, 0) is 4.79 Å². The van der Waals surface area contributed by atoms with E-state index < -0.39 is 0 Å². The van der Waals surface area contributed by atoms with Crippen LogP contribution in [0.4, 0.5) is 0 Å². The molecule has 0 saturated carbocycles. The largest absolute Gasteiger partial charge is 0.389 e. The van der Waals surface area contributed by atoms with Crippen LogP contribution in [0.15, 0.2) is 24.4 Å². The first kappa shape index (κ1) is 26.8. The fraction of sp³-hybridized carbons (Fsp3) is 0.800. The summed E-state index contributed by atoms with van der Waals surface area (Å²) in [6, 6.07) is 0. The molecule has 0 fully saturated rings. The summed E-state index contributed by atoms with van der Waals surface area (Å²) in [5.74, 6) is 0.224. The Hall–Kier alpha value is -1.25. The molecule has 0 saturated heterocycles. The predicted molar refractivity (Wildman–Crippen MR) is 124 cm³/mol. The molecule has 0 aromatic rings. The van der Waals surface area contributed by atoms with Crippen LogP contribution in [0.25, 0.3) is 0 Å². The second-order valence-corrected chi connectivity index (χ2v) is 9.12. The Labute approximate surface area is 175 Å². The molecule has 0 aliphatic carbocycles. The fourth-order valence-corrected chi connectivity index (χ4v) is 3.02. The normalized spacial score (nSPS) is 11.3. The lowest BCUT2D eigenvalue weighted by molar-refractivity contribution is -0.121. The van der Waals surface area contributed by atoms with Gasteiger partial charge in [-0.1, -0.05) is 85.0 Å². The lowest BCUT2D eigenvalue weighted by Gasteiger charge is -2.21. The predicted octanol–water partition coefficient (Wildman–Crippen LogP) is 6.90. The van der Waals surface area contributed by atoms with Crippen molar-refractivity contribution in [1.82, 2.24) is 10.6 Å². The second kappa shape index (κ2) is 16.7. The maximum Gasteiger partial charge on any atom is 0.219 e. The number of allylic oxidation sites excluding steroid dienone is 2. The molecule has 0 heterocycles. The van der Waals surface area contributed by atoms with Crippen molar-refractivity contribution in [2.24, 2.45) is 5.41 Å². The van der Waals surface area contributed by atoms with E-state index in [4.69, 9.17) is 0 Å². The molecule has 0 atom stereocenters. The topological polar surface area (TPSA) is 41.1 Å². The molecule has 0 aromatic heterocycles. The number of hydrogen-bond acceptors (Lipinski definition) is 2. The number of amides is 1. The first-order valence-corrected chi connectivity index (χ1v) is 11.6. The highest BCUT2D eigenvalue weighted by Gasteiger charge is 2.13. The Morgan fingerprint density at radius 1 is 0.714 bits per heavy atom. The lowest BCUT2D eigenvalue weighted by atomic mass is 9.84. The van der Waals surface area contributed by atoms with E-state index in [1.165, 1.54) is 50.5 Å². The summed E-state index contributed by atoms with van der Waals surface area (Å²) < 4.78 is 0. The maximum absolute atomic E-state index is 11.8. The molecule has 28 heavy (non-hydrogen) atoms. The van der Waals surface area contributed by atoms with Crippen molar-refractivity contribution in [3.63, 3.8) is 0 Å². The third-order valence-electron chi connectivity index (χ3n) is 5.42. The number of carbonyl (C=O) groups is 1. The molecule has 0 aliphatic rings. The van der Waals surface area contributed by atoms with Gasteiger partial charge in [-0.05, 0) is 43.9 Å². The van der Waals surface area contributed by atoms with Crippen molar-refractivity contribution in [3.05, 3.63) is 24.4 Å². The average Bonchev–Trinajstić information content (AvgIpc) is 2.64. The van der Waals surface area contributed by atoms with E-state index >= 15 is 0 Å². The minimum atomic E-state index is 0.224. The minimum Gasteiger partial charge on any atom is -0.389 e. The van der Waals surface area contributed by atoms with Crippen LogP contribution in [0.5, 0.6) is 0 Å². The Morgan fingerprint density at radius 2 is 1.18 bits per heavy atom. The molecule has 0 radical (unpaired) electrons.